The largest absolute Gasteiger partial charge is 0.378 e. The van der Waals surface area contributed by atoms with Crippen molar-refractivity contribution in [1.82, 2.24) is 19.6 Å². The van der Waals surface area contributed by atoms with E-state index >= 15 is 0 Å². The average Bonchev–Trinajstić information content (AvgIpc) is 2.78. The summed E-state index contributed by atoms with van der Waals surface area (Å²) in [5, 5.41) is 4.67. The number of hydrogen-bond donors (Lipinski definition) is 0. The number of methoxy groups -OCH3 is 1. The van der Waals surface area contributed by atoms with Gasteiger partial charge in [-0.25, -0.2) is 4.98 Å². The lowest BCUT2D eigenvalue weighted by atomic mass is 9.97. The first kappa shape index (κ1) is 20.3. The Kier molecular flexibility index (Phi) is 5.19. The molecule has 7 heteroatoms. The number of aryl methyl sites for hydroxylation is 2. The molecule has 1 aliphatic rings. The second-order valence-corrected chi connectivity index (χ2v) is 8.26. The molecule has 5 rings (SSSR count). The third-order valence-corrected chi connectivity index (χ3v) is 5.95. The number of anilines is 1. The van der Waals surface area contributed by atoms with Gasteiger partial charge in [0.05, 0.1) is 12.3 Å². The van der Waals surface area contributed by atoms with Crippen molar-refractivity contribution < 1.29 is 4.74 Å². The van der Waals surface area contributed by atoms with Gasteiger partial charge >= 0.3 is 0 Å². The first-order valence-electron chi connectivity index (χ1n) is 10.7. The number of nitrogens with zero attached hydrogens (tertiary/aromatic N) is 5. The standard InChI is InChI=1S/C25H25N5O2/c1-16-6-4-5-7-21(16)18-11-19-14-29(9-8-22(19)26-13-18)25-17(2)10-23-27-20(15-32-3)12-24(31)30(23)28-25/h4-7,10-13H,8-9,14-15H2,1-3H3. The fraction of sp³-hybridized carbons (Fsp3) is 0.280. The minimum Gasteiger partial charge on any atom is -0.378 e. The molecule has 0 saturated heterocycles. The normalized spacial score (nSPS) is 13.4. The Bertz CT molecular complexity index is 1380. The van der Waals surface area contributed by atoms with Gasteiger partial charge in [0.15, 0.2) is 11.5 Å². The topological polar surface area (TPSA) is 72.6 Å². The van der Waals surface area contributed by atoms with Crippen molar-refractivity contribution in [1.29, 1.82) is 0 Å². The van der Waals surface area contributed by atoms with Gasteiger partial charge in [-0.2, -0.15) is 4.52 Å². The molecule has 4 heterocycles. The molecular weight excluding hydrogens is 402 g/mol. The molecule has 0 spiro atoms. The molecular formula is C25H25N5O2. The number of ether oxygens (including phenoxy) is 1. The number of fused-ring (bicyclic) bond motifs is 2. The molecule has 32 heavy (non-hydrogen) atoms. The molecule has 0 saturated carbocycles. The van der Waals surface area contributed by atoms with Crippen molar-refractivity contribution in [3.05, 3.63) is 87.1 Å². The van der Waals surface area contributed by atoms with Gasteiger partial charge in [-0.1, -0.05) is 24.3 Å². The predicted molar refractivity (Wildman–Crippen MR) is 124 cm³/mol. The molecule has 0 radical (unpaired) electrons. The van der Waals surface area contributed by atoms with Gasteiger partial charge in [0.1, 0.15) is 0 Å². The maximum absolute atomic E-state index is 12.6. The van der Waals surface area contributed by atoms with Crippen LogP contribution in [0, 0.1) is 13.8 Å². The van der Waals surface area contributed by atoms with Gasteiger partial charge in [-0.15, -0.1) is 5.10 Å². The monoisotopic (exact) mass is 427 g/mol. The highest BCUT2D eigenvalue weighted by atomic mass is 16.5. The molecule has 0 N–H and O–H groups in total. The lowest BCUT2D eigenvalue weighted by Crippen LogP contribution is -2.33. The van der Waals surface area contributed by atoms with Crippen LogP contribution >= 0.6 is 0 Å². The Labute approximate surface area is 186 Å². The summed E-state index contributed by atoms with van der Waals surface area (Å²) in [5.74, 6) is 0.799. The quantitative estimate of drug-likeness (QED) is 0.497. The van der Waals surface area contributed by atoms with Crippen molar-refractivity contribution in [2.45, 2.75) is 33.4 Å². The lowest BCUT2D eigenvalue weighted by molar-refractivity contribution is 0.181. The summed E-state index contributed by atoms with van der Waals surface area (Å²) < 4.78 is 6.49. The SMILES string of the molecule is COCc1cc(=O)n2nc(N3CCc4ncc(-c5ccccc5C)cc4C3)c(C)cc2n1. The van der Waals surface area contributed by atoms with Crippen LogP contribution in [-0.2, 0) is 24.3 Å². The smallest absolute Gasteiger partial charge is 0.274 e. The molecule has 0 bridgehead atoms. The first-order valence-corrected chi connectivity index (χ1v) is 10.7. The first-order chi connectivity index (χ1) is 15.5. The molecule has 162 valence electrons. The molecule has 0 amide bonds. The Balaban J connectivity index is 1.51. The van der Waals surface area contributed by atoms with Crippen LogP contribution in [0.5, 0.6) is 0 Å². The van der Waals surface area contributed by atoms with E-state index in [0.29, 0.717) is 24.5 Å². The van der Waals surface area contributed by atoms with Crippen LogP contribution in [0.1, 0.15) is 28.1 Å². The van der Waals surface area contributed by atoms with Crippen LogP contribution in [0.15, 0.2) is 53.5 Å². The van der Waals surface area contributed by atoms with Crippen molar-refractivity contribution >= 4 is 11.5 Å². The fourth-order valence-corrected chi connectivity index (χ4v) is 4.35. The second kappa shape index (κ2) is 8.16. The predicted octanol–water partition coefficient (Wildman–Crippen LogP) is 3.48. The fourth-order valence-electron chi connectivity index (χ4n) is 4.35. The molecule has 7 nitrogen and oxygen atoms in total. The van der Waals surface area contributed by atoms with E-state index in [2.05, 4.69) is 52.2 Å². The maximum Gasteiger partial charge on any atom is 0.274 e. The Hall–Kier alpha value is -3.58. The van der Waals surface area contributed by atoms with Crippen molar-refractivity contribution in [2.75, 3.05) is 18.6 Å². The van der Waals surface area contributed by atoms with E-state index in [0.717, 1.165) is 35.6 Å². The summed E-state index contributed by atoms with van der Waals surface area (Å²) in [6, 6.07) is 14.0. The van der Waals surface area contributed by atoms with Crippen molar-refractivity contribution in [2.24, 2.45) is 0 Å². The minimum absolute atomic E-state index is 0.204. The van der Waals surface area contributed by atoms with E-state index in [1.807, 2.05) is 19.2 Å². The van der Waals surface area contributed by atoms with E-state index < -0.39 is 0 Å². The summed E-state index contributed by atoms with van der Waals surface area (Å²) in [5.41, 5.74) is 7.79. The van der Waals surface area contributed by atoms with Crippen LogP contribution in [0.4, 0.5) is 5.82 Å². The van der Waals surface area contributed by atoms with E-state index in [1.54, 1.807) is 7.11 Å². The molecule has 4 aromatic rings. The second-order valence-electron chi connectivity index (χ2n) is 8.26. The van der Waals surface area contributed by atoms with Crippen LogP contribution in [0.3, 0.4) is 0 Å². The third-order valence-electron chi connectivity index (χ3n) is 5.95. The van der Waals surface area contributed by atoms with E-state index in [1.165, 1.54) is 27.3 Å². The Morgan fingerprint density at radius 3 is 2.75 bits per heavy atom. The highest BCUT2D eigenvalue weighted by molar-refractivity contribution is 5.67. The number of aromatic nitrogens is 4. The average molecular weight is 428 g/mol. The lowest BCUT2D eigenvalue weighted by Gasteiger charge is -2.30. The maximum atomic E-state index is 12.6. The molecule has 3 aromatic heterocycles. The Morgan fingerprint density at radius 1 is 1.09 bits per heavy atom. The van der Waals surface area contributed by atoms with Crippen molar-refractivity contribution in [3.63, 3.8) is 0 Å². The molecule has 0 fully saturated rings. The van der Waals surface area contributed by atoms with E-state index in [9.17, 15) is 4.79 Å². The van der Waals surface area contributed by atoms with Crippen molar-refractivity contribution in [3.8, 4) is 11.1 Å². The summed E-state index contributed by atoms with van der Waals surface area (Å²) in [7, 11) is 1.59. The summed E-state index contributed by atoms with van der Waals surface area (Å²) in [6.07, 6.45) is 2.81. The third kappa shape index (κ3) is 3.65. The zero-order chi connectivity index (χ0) is 22.2. The highest BCUT2D eigenvalue weighted by Gasteiger charge is 2.22. The van der Waals surface area contributed by atoms with E-state index in [-0.39, 0.29) is 5.56 Å². The van der Waals surface area contributed by atoms with Crippen LogP contribution in [0.2, 0.25) is 0 Å². The number of rotatable bonds is 4. The van der Waals surface area contributed by atoms with Gasteiger partial charge in [0.2, 0.25) is 0 Å². The molecule has 0 aliphatic carbocycles. The molecule has 0 unspecified atom stereocenters. The molecule has 1 aliphatic heterocycles. The molecule has 1 aromatic carbocycles. The minimum atomic E-state index is -0.204. The highest BCUT2D eigenvalue weighted by Crippen LogP contribution is 2.29. The van der Waals surface area contributed by atoms with Gasteiger partial charge in [-0.05, 0) is 48.2 Å². The van der Waals surface area contributed by atoms with Gasteiger partial charge in [-0.3, -0.25) is 9.78 Å². The Morgan fingerprint density at radius 2 is 1.94 bits per heavy atom. The zero-order valence-corrected chi connectivity index (χ0v) is 18.5. The number of benzene rings is 1. The van der Waals surface area contributed by atoms with E-state index in [4.69, 9.17) is 9.72 Å². The summed E-state index contributed by atoms with van der Waals surface area (Å²) in [6.45, 7) is 5.92. The molecule has 0 atom stereocenters. The van der Waals surface area contributed by atoms with Gasteiger partial charge in [0, 0.05) is 50.1 Å². The van der Waals surface area contributed by atoms with Crippen LogP contribution in [-0.4, -0.2) is 33.2 Å². The number of pyridine rings is 1. The summed E-state index contributed by atoms with van der Waals surface area (Å²) in [4.78, 5) is 24.1. The zero-order valence-electron chi connectivity index (χ0n) is 18.5. The van der Waals surface area contributed by atoms with Crippen LogP contribution < -0.4 is 10.5 Å². The van der Waals surface area contributed by atoms with Crippen LogP contribution in [0.25, 0.3) is 16.8 Å². The number of hydrogen-bond acceptors (Lipinski definition) is 6. The summed E-state index contributed by atoms with van der Waals surface area (Å²) >= 11 is 0. The van der Waals surface area contributed by atoms with Gasteiger partial charge < -0.3 is 9.64 Å². The van der Waals surface area contributed by atoms with Gasteiger partial charge in [0.25, 0.3) is 5.56 Å².